The molecule has 2 rings (SSSR count). The summed E-state index contributed by atoms with van der Waals surface area (Å²) in [5.74, 6) is -1.82. The second-order valence-corrected chi connectivity index (χ2v) is 6.16. The van der Waals surface area contributed by atoms with E-state index in [-0.39, 0.29) is 17.4 Å². The Morgan fingerprint density at radius 3 is 2.44 bits per heavy atom. The van der Waals surface area contributed by atoms with Crippen molar-refractivity contribution in [2.24, 2.45) is 0 Å². The Labute approximate surface area is 158 Å². The standard InChI is InChI=1S/C21H24FNO4/c1-4-8-18(15-9-6-5-7-10-15)23-20(24)14(2)27-21(25)16-11-12-19(26-3)17(22)13-16/h5-7,9-14,18H,4,8H2,1-3H3,(H,23,24)/t14-,18-/m0/s1. The molecule has 0 aliphatic rings. The van der Waals surface area contributed by atoms with Gasteiger partial charge in [0.25, 0.3) is 5.91 Å². The number of halogens is 1. The molecule has 0 bridgehead atoms. The quantitative estimate of drug-likeness (QED) is 0.710. The maximum Gasteiger partial charge on any atom is 0.339 e. The van der Waals surface area contributed by atoms with Crippen LogP contribution in [0.25, 0.3) is 0 Å². The van der Waals surface area contributed by atoms with Crippen molar-refractivity contribution in [2.75, 3.05) is 7.11 Å². The van der Waals surface area contributed by atoms with Gasteiger partial charge in [-0.2, -0.15) is 0 Å². The molecule has 2 aromatic carbocycles. The van der Waals surface area contributed by atoms with Gasteiger partial charge in [-0.25, -0.2) is 9.18 Å². The third-order valence-electron chi connectivity index (χ3n) is 4.14. The van der Waals surface area contributed by atoms with Crippen LogP contribution in [-0.2, 0) is 9.53 Å². The summed E-state index contributed by atoms with van der Waals surface area (Å²) in [6.45, 7) is 3.52. The van der Waals surface area contributed by atoms with E-state index >= 15 is 0 Å². The average molecular weight is 373 g/mol. The lowest BCUT2D eigenvalue weighted by molar-refractivity contribution is -0.129. The highest BCUT2D eigenvalue weighted by molar-refractivity contribution is 5.92. The molecule has 6 heteroatoms. The average Bonchev–Trinajstić information content (AvgIpc) is 2.68. The zero-order valence-corrected chi connectivity index (χ0v) is 15.7. The summed E-state index contributed by atoms with van der Waals surface area (Å²) in [7, 11) is 1.34. The fraction of sp³-hybridized carbons (Fsp3) is 0.333. The van der Waals surface area contributed by atoms with Crippen molar-refractivity contribution < 1.29 is 23.5 Å². The lowest BCUT2D eigenvalue weighted by atomic mass is 10.0. The lowest BCUT2D eigenvalue weighted by Crippen LogP contribution is -2.38. The smallest absolute Gasteiger partial charge is 0.339 e. The number of amides is 1. The van der Waals surface area contributed by atoms with Crippen molar-refractivity contribution in [1.29, 1.82) is 0 Å². The number of rotatable bonds is 8. The minimum Gasteiger partial charge on any atom is -0.494 e. The molecule has 0 aliphatic heterocycles. The van der Waals surface area contributed by atoms with E-state index in [0.29, 0.717) is 0 Å². The van der Waals surface area contributed by atoms with Crippen LogP contribution in [0.15, 0.2) is 48.5 Å². The number of ether oxygens (including phenoxy) is 2. The first-order valence-corrected chi connectivity index (χ1v) is 8.86. The number of carbonyl (C=O) groups excluding carboxylic acids is 2. The summed E-state index contributed by atoms with van der Waals surface area (Å²) < 4.78 is 23.7. The first-order chi connectivity index (χ1) is 13.0. The van der Waals surface area contributed by atoms with E-state index in [4.69, 9.17) is 9.47 Å². The molecule has 2 atom stereocenters. The van der Waals surface area contributed by atoms with Crippen molar-refractivity contribution >= 4 is 11.9 Å². The van der Waals surface area contributed by atoms with Crippen LogP contribution in [-0.4, -0.2) is 25.1 Å². The molecule has 0 spiro atoms. The minimum atomic E-state index is -1.01. The second kappa shape index (κ2) is 9.71. The molecule has 0 unspecified atom stereocenters. The van der Waals surface area contributed by atoms with Crippen LogP contribution in [0, 0.1) is 5.82 Å². The Morgan fingerprint density at radius 2 is 1.85 bits per heavy atom. The van der Waals surface area contributed by atoms with Crippen LogP contribution in [0.1, 0.15) is 48.7 Å². The maximum absolute atomic E-state index is 13.7. The molecule has 5 nitrogen and oxygen atoms in total. The molecule has 0 saturated heterocycles. The number of esters is 1. The number of carbonyl (C=O) groups is 2. The van der Waals surface area contributed by atoms with E-state index in [9.17, 15) is 14.0 Å². The summed E-state index contributed by atoms with van der Waals surface area (Å²) >= 11 is 0. The van der Waals surface area contributed by atoms with Gasteiger partial charge in [-0.05, 0) is 37.1 Å². The molecule has 0 heterocycles. The summed E-state index contributed by atoms with van der Waals surface area (Å²) in [6.07, 6.45) is 0.643. The Hall–Kier alpha value is -2.89. The van der Waals surface area contributed by atoms with Crippen LogP contribution in [0.5, 0.6) is 5.75 Å². The fourth-order valence-corrected chi connectivity index (χ4v) is 2.66. The predicted molar refractivity (Wildman–Crippen MR) is 100 cm³/mol. The minimum absolute atomic E-state index is 0.0149. The Bertz CT molecular complexity index is 779. The monoisotopic (exact) mass is 373 g/mol. The first kappa shape index (κ1) is 20.4. The summed E-state index contributed by atoms with van der Waals surface area (Å²) in [5.41, 5.74) is 1.00. The zero-order valence-electron chi connectivity index (χ0n) is 15.7. The van der Waals surface area contributed by atoms with Crippen molar-refractivity contribution in [3.05, 3.63) is 65.5 Å². The van der Waals surface area contributed by atoms with Gasteiger partial charge in [0.15, 0.2) is 17.7 Å². The van der Waals surface area contributed by atoms with Gasteiger partial charge >= 0.3 is 5.97 Å². The van der Waals surface area contributed by atoms with E-state index in [1.807, 2.05) is 37.3 Å². The molecule has 0 aromatic heterocycles. The molecule has 0 saturated carbocycles. The maximum atomic E-state index is 13.7. The van der Waals surface area contributed by atoms with E-state index in [0.717, 1.165) is 24.5 Å². The zero-order chi connectivity index (χ0) is 19.8. The largest absolute Gasteiger partial charge is 0.494 e. The second-order valence-electron chi connectivity index (χ2n) is 6.16. The molecule has 27 heavy (non-hydrogen) atoms. The molecule has 144 valence electrons. The van der Waals surface area contributed by atoms with Crippen molar-refractivity contribution in [2.45, 2.75) is 38.8 Å². The summed E-state index contributed by atoms with van der Waals surface area (Å²) in [6, 6.07) is 13.2. The van der Waals surface area contributed by atoms with Crippen molar-refractivity contribution in [1.82, 2.24) is 5.32 Å². The van der Waals surface area contributed by atoms with Crippen LogP contribution in [0.3, 0.4) is 0 Å². The van der Waals surface area contributed by atoms with Crippen LogP contribution in [0.2, 0.25) is 0 Å². The van der Waals surface area contributed by atoms with Crippen molar-refractivity contribution in [3.63, 3.8) is 0 Å². The number of hydrogen-bond acceptors (Lipinski definition) is 4. The van der Waals surface area contributed by atoms with Crippen molar-refractivity contribution in [3.8, 4) is 5.75 Å². The number of methoxy groups -OCH3 is 1. The number of hydrogen-bond donors (Lipinski definition) is 1. The van der Waals surface area contributed by atoms with E-state index in [1.54, 1.807) is 0 Å². The van der Waals surface area contributed by atoms with Gasteiger partial charge < -0.3 is 14.8 Å². The SMILES string of the molecule is CCC[C@H](NC(=O)[C@H](C)OC(=O)c1ccc(OC)c(F)c1)c1ccccc1. The predicted octanol–water partition coefficient (Wildman–Crippen LogP) is 4.04. The van der Waals surface area contributed by atoms with Gasteiger partial charge in [0.05, 0.1) is 18.7 Å². The van der Waals surface area contributed by atoms with E-state index < -0.39 is 23.8 Å². The van der Waals surface area contributed by atoms with Crippen LogP contribution < -0.4 is 10.1 Å². The molecular weight excluding hydrogens is 349 g/mol. The fourth-order valence-electron chi connectivity index (χ4n) is 2.66. The highest BCUT2D eigenvalue weighted by atomic mass is 19.1. The highest BCUT2D eigenvalue weighted by Crippen LogP contribution is 2.20. The lowest BCUT2D eigenvalue weighted by Gasteiger charge is -2.21. The Morgan fingerprint density at radius 1 is 1.15 bits per heavy atom. The van der Waals surface area contributed by atoms with Gasteiger partial charge in [-0.3, -0.25) is 4.79 Å². The van der Waals surface area contributed by atoms with Gasteiger partial charge in [0.2, 0.25) is 0 Å². The summed E-state index contributed by atoms with van der Waals surface area (Å²) in [4.78, 5) is 24.6. The Kier molecular flexibility index (Phi) is 7.34. The summed E-state index contributed by atoms with van der Waals surface area (Å²) in [5, 5.41) is 2.91. The highest BCUT2D eigenvalue weighted by Gasteiger charge is 2.22. The molecule has 0 fully saturated rings. The molecule has 0 aliphatic carbocycles. The molecule has 1 N–H and O–H groups in total. The van der Waals surface area contributed by atoms with Crippen LogP contribution >= 0.6 is 0 Å². The molecule has 1 amide bonds. The topological polar surface area (TPSA) is 64.6 Å². The van der Waals surface area contributed by atoms with E-state index in [1.165, 1.54) is 26.2 Å². The molecule has 2 aromatic rings. The molecule has 0 radical (unpaired) electrons. The van der Waals surface area contributed by atoms with Crippen LogP contribution in [0.4, 0.5) is 4.39 Å². The number of benzene rings is 2. The van der Waals surface area contributed by atoms with Gasteiger partial charge in [0, 0.05) is 0 Å². The molecular formula is C21H24FNO4. The van der Waals surface area contributed by atoms with Gasteiger partial charge in [-0.15, -0.1) is 0 Å². The Balaban J connectivity index is 2.01. The third-order valence-corrected chi connectivity index (χ3v) is 4.14. The first-order valence-electron chi connectivity index (χ1n) is 8.86. The third kappa shape index (κ3) is 5.54. The van der Waals surface area contributed by atoms with Gasteiger partial charge in [-0.1, -0.05) is 43.7 Å². The van der Waals surface area contributed by atoms with Gasteiger partial charge in [0.1, 0.15) is 0 Å². The number of nitrogens with one attached hydrogen (secondary N) is 1. The normalized spacial score (nSPS) is 12.7. The van der Waals surface area contributed by atoms with E-state index in [2.05, 4.69) is 5.32 Å².